The van der Waals surface area contributed by atoms with Crippen LogP contribution in [0.3, 0.4) is 0 Å². The van der Waals surface area contributed by atoms with E-state index in [1.54, 1.807) is 30.5 Å². The smallest absolute Gasteiger partial charge is 0.370 e. The molecule has 25 heavy (non-hydrogen) atoms. The van der Waals surface area contributed by atoms with Crippen LogP contribution in [0, 0.1) is 0 Å². The molecule has 1 aliphatic carbocycles. The Balaban J connectivity index is 0.00000225. The number of nitrogens with one attached hydrogen (secondary N) is 1. The molecule has 4 nitrogen and oxygen atoms in total. The standard InChI is InChI=1S/C17H17F3N4.HI/c18-17(19,20)13-6-4-11(5-7-13)12-9-14(10-12)23-16(21)24-15-3-1-2-8-22-15;/h1-8,12,14H,9-10H2,(H3,21,22,23,24);1H. The number of halogens is 4. The molecule has 8 heteroatoms. The lowest BCUT2D eigenvalue weighted by Crippen LogP contribution is -2.31. The van der Waals surface area contributed by atoms with Crippen molar-refractivity contribution in [1.82, 2.24) is 4.98 Å². The molecule has 0 spiro atoms. The topological polar surface area (TPSA) is 63.3 Å². The first-order valence-corrected chi connectivity index (χ1v) is 7.60. The summed E-state index contributed by atoms with van der Waals surface area (Å²) in [6.45, 7) is 0. The molecule has 1 fully saturated rings. The fraction of sp³-hybridized carbons (Fsp3) is 0.294. The molecule has 0 bridgehead atoms. The Labute approximate surface area is 160 Å². The molecule has 0 saturated heterocycles. The zero-order chi connectivity index (χ0) is 17.2. The van der Waals surface area contributed by atoms with Crippen molar-refractivity contribution in [2.75, 3.05) is 5.32 Å². The van der Waals surface area contributed by atoms with Gasteiger partial charge in [-0.2, -0.15) is 13.2 Å². The van der Waals surface area contributed by atoms with E-state index in [1.165, 1.54) is 0 Å². The summed E-state index contributed by atoms with van der Waals surface area (Å²) >= 11 is 0. The zero-order valence-electron chi connectivity index (χ0n) is 13.2. The van der Waals surface area contributed by atoms with Gasteiger partial charge in [-0.3, -0.25) is 0 Å². The maximum Gasteiger partial charge on any atom is 0.416 e. The fourth-order valence-corrected chi connectivity index (χ4v) is 2.71. The quantitative estimate of drug-likeness (QED) is 0.404. The third-order valence-corrected chi connectivity index (χ3v) is 4.07. The molecular weight excluding hydrogens is 444 g/mol. The molecule has 0 unspecified atom stereocenters. The second-order valence-corrected chi connectivity index (χ2v) is 5.80. The van der Waals surface area contributed by atoms with Gasteiger partial charge in [0.05, 0.1) is 11.6 Å². The van der Waals surface area contributed by atoms with Crippen LogP contribution < -0.4 is 11.1 Å². The average Bonchev–Trinajstić information content (AvgIpc) is 2.51. The first-order chi connectivity index (χ1) is 11.4. The molecule has 0 radical (unpaired) electrons. The lowest BCUT2D eigenvalue weighted by atomic mass is 9.76. The van der Waals surface area contributed by atoms with Gasteiger partial charge in [0.25, 0.3) is 0 Å². The summed E-state index contributed by atoms with van der Waals surface area (Å²) in [5.74, 6) is 1.14. The minimum atomic E-state index is -4.30. The Hall–Kier alpha value is -1.84. The van der Waals surface area contributed by atoms with Gasteiger partial charge in [-0.15, -0.1) is 24.0 Å². The molecule has 134 valence electrons. The van der Waals surface area contributed by atoms with Crippen molar-refractivity contribution >= 4 is 35.8 Å². The van der Waals surface area contributed by atoms with Crippen LogP contribution in [0.15, 0.2) is 53.7 Å². The van der Waals surface area contributed by atoms with Gasteiger partial charge in [-0.05, 0) is 48.6 Å². The van der Waals surface area contributed by atoms with Gasteiger partial charge < -0.3 is 11.1 Å². The van der Waals surface area contributed by atoms with Crippen molar-refractivity contribution in [2.24, 2.45) is 10.7 Å². The summed E-state index contributed by atoms with van der Waals surface area (Å²) in [5.41, 5.74) is 6.13. The van der Waals surface area contributed by atoms with Gasteiger partial charge in [-0.25, -0.2) is 9.98 Å². The van der Waals surface area contributed by atoms with Crippen molar-refractivity contribution in [3.8, 4) is 0 Å². The Kier molecular flexibility index (Phi) is 6.26. The third-order valence-electron chi connectivity index (χ3n) is 4.07. The summed E-state index contributed by atoms with van der Waals surface area (Å²) in [7, 11) is 0. The van der Waals surface area contributed by atoms with Crippen LogP contribution in [-0.2, 0) is 6.18 Å². The Morgan fingerprint density at radius 3 is 2.36 bits per heavy atom. The van der Waals surface area contributed by atoms with Crippen LogP contribution in [0.25, 0.3) is 0 Å². The lowest BCUT2D eigenvalue weighted by Gasteiger charge is -2.33. The minimum Gasteiger partial charge on any atom is -0.370 e. The molecule has 3 rings (SSSR count). The predicted octanol–water partition coefficient (Wildman–Crippen LogP) is 4.39. The van der Waals surface area contributed by atoms with Crippen LogP contribution in [0.2, 0.25) is 0 Å². The summed E-state index contributed by atoms with van der Waals surface area (Å²) in [6.07, 6.45) is -1.10. The highest BCUT2D eigenvalue weighted by atomic mass is 127. The molecule has 0 amide bonds. The van der Waals surface area contributed by atoms with E-state index in [0.717, 1.165) is 30.5 Å². The number of hydrogen-bond donors (Lipinski definition) is 2. The van der Waals surface area contributed by atoms with Crippen molar-refractivity contribution in [1.29, 1.82) is 0 Å². The Bertz CT molecular complexity index is 711. The minimum absolute atomic E-state index is 0. The molecule has 1 saturated carbocycles. The van der Waals surface area contributed by atoms with E-state index in [1.807, 2.05) is 6.07 Å². The first-order valence-electron chi connectivity index (χ1n) is 7.60. The van der Waals surface area contributed by atoms with Crippen LogP contribution in [-0.4, -0.2) is 17.0 Å². The summed E-state index contributed by atoms with van der Waals surface area (Å²) in [5, 5.41) is 2.91. The SMILES string of the molecule is I.NC(=NC1CC(c2ccc(C(F)(F)F)cc2)C1)Nc1ccccn1. The van der Waals surface area contributed by atoms with E-state index in [2.05, 4.69) is 15.3 Å². The van der Waals surface area contributed by atoms with E-state index in [9.17, 15) is 13.2 Å². The monoisotopic (exact) mass is 462 g/mol. The highest BCUT2D eigenvalue weighted by molar-refractivity contribution is 14.0. The number of aliphatic imine (C=N–C) groups is 1. The molecule has 2 aromatic rings. The summed E-state index contributed by atoms with van der Waals surface area (Å²) in [4.78, 5) is 8.47. The Morgan fingerprint density at radius 1 is 1.12 bits per heavy atom. The highest BCUT2D eigenvalue weighted by Crippen LogP contribution is 2.39. The number of aromatic nitrogens is 1. The van der Waals surface area contributed by atoms with E-state index in [0.29, 0.717) is 11.8 Å². The summed E-state index contributed by atoms with van der Waals surface area (Å²) < 4.78 is 37.7. The van der Waals surface area contributed by atoms with Gasteiger partial charge in [0.1, 0.15) is 5.82 Å². The Morgan fingerprint density at radius 2 is 1.80 bits per heavy atom. The predicted molar refractivity (Wildman–Crippen MR) is 102 cm³/mol. The average molecular weight is 462 g/mol. The number of nitrogens with zero attached hydrogens (tertiary/aromatic N) is 2. The molecule has 3 N–H and O–H groups in total. The number of nitrogens with two attached hydrogens (primary N) is 1. The van der Waals surface area contributed by atoms with Crippen LogP contribution >= 0.6 is 24.0 Å². The number of rotatable bonds is 3. The molecule has 1 aromatic carbocycles. The van der Waals surface area contributed by atoms with Crippen molar-refractivity contribution in [3.05, 3.63) is 59.8 Å². The number of hydrogen-bond acceptors (Lipinski definition) is 2. The fourth-order valence-electron chi connectivity index (χ4n) is 2.71. The van der Waals surface area contributed by atoms with Gasteiger partial charge in [0.15, 0.2) is 5.96 Å². The maximum absolute atomic E-state index is 12.6. The normalized spacial score (nSPS) is 20.4. The number of guanidine groups is 1. The van der Waals surface area contributed by atoms with Crippen LogP contribution in [0.5, 0.6) is 0 Å². The third kappa shape index (κ3) is 5.07. The van der Waals surface area contributed by atoms with E-state index >= 15 is 0 Å². The first kappa shape index (κ1) is 19.5. The van der Waals surface area contributed by atoms with E-state index in [4.69, 9.17) is 5.73 Å². The molecule has 1 heterocycles. The second-order valence-electron chi connectivity index (χ2n) is 5.80. The van der Waals surface area contributed by atoms with Crippen molar-refractivity contribution in [2.45, 2.75) is 31.0 Å². The van der Waals surface area contributed by atoms with Gasteiger partial charge in [0, 0.05) is 6.20 Å². The van der Waals surface area contributed by atoms with Crippen molar-refractivity contribution in [3.63, 3.8) is 0 Å². The number of alkyl halides is 3. The molecule has 0 atom stereocenters. The van der Waals surface area contributed by atoms with Gasteiger partial charge >= 0.3 is 6.18 Å². The lowest BCUT2D eigenvalue weighted by molar-refractivity contribution is -0.137. The highest BCUT2D eigenvalue weighted by Gasteiger charge is 2.33. The molecule has 1 aliphatic rings. The largest absolute Gasteiger partial charge is 0.416 e. The van der Waals surface area contributed by atoms with Gasteiger partial charge in [0.2, 0.25) is 0 Å². The molecule has 1 aromatic heterocycles. The van der Waals surface area contributed by atoms with E-state index < -0.39 is 11.7 Å². The van der Waals surface area contributed by atoms with Crippen molar-refractivity contribution < 1.29 is 13.2 Å². The number of benzene rings is 1. The summed E-state index contributed by atoms with van der Waals surface area (Å²) in [6, 6.07) is 10.9. The molecule has 0 aliphatic heterocycles. The maximum atomic E-state index is 12.6. The number of pyridine rings is 1. The van der Waals surface area contributed by atoms with E-state index in [-0.39, 0.29) is 35.9 Å². The second kappa shape index (κ2) is 8.03. The van der Waals surface area contributed by atoms with Gasteiger partial charge in [-0.1, -0.05) is 18.2 Å². The molecular formula is C17H18F3IN4. The van der Waals surface area contributed by atoms with Crippen LogP contribution in [0.1, 0.15) is 29.9 Å². The number of anilines is 1. The zero-order valence-corrected chi connectivity index (χ0v) is 15.5. The van der Waals surface area contributed by atoms with Crippen LogP contribution in [0.4, 0.5) is 19.0 Å².